The Balaban J connectivity index is 0.00000338. The fourth-order valence-electron chi connectivity index (χ4n) is 3.12. The van der Waals surface area contributed by atoms with Crippen molar-refractivity contribution < 1.29 is 18.0 Å². The molecule has 1 saturated heterocycles. The van der Waals surface area contributed by atoms with Gasteiger partial charge in [0.15, 0.2) is 0 Å². The quantitative estimate of drug-likeness (QED) is 0.781. The Kier molecular flexibility index (Phi) is 8.86. The lowest BCUT2D eigenvalue weighted by molar-refractivity contribution is -0.184. The Bertz CT molecular complexity index is 590. The lowest BCUT2D eigenvalue weighted by atomic mass is 10.0. The van der Waals surface area contributed by atoms with Gasteiger partial charge in [0, 0.05) is 39.1 Å². The summed E-state index contributed by atoms with van der Waals surface area (Å²) in [5.74, 6) is -0.343. The molecule has 26 heavy (non-hydrogen) atoms. The zero-order chi connectivity index (χ0) is 18.4. The second-order valence-corrected chi connectivity index (χ2v) is 6.58. The third-order valence-corrected chi connectivity index (χ3v) is 4.58. The molecule has 8 heteroatoms. The number of hydrogen-bond donors (Lipinski definition) is 2. The van der Waals surface area contributed by atoms with E-state index < -0.39 is 18.8 Å². The summed E-state index contributed by atoms with van der Waals surface area (Å²) in [6.07, 6.45) is -3.63. The van der Waals surface area contributed by atoms with Crippen molar-refractivity contribution in [3.8, 4) is 0 Å². The second-order valence-electron chi connectivity index (χ2n) is 6.58. The average molecular weight is 394 g/mol. The van der Waals surface area contributed by atoms with E-state index >= 15 is 0 Å². The van der Waals surface area contributed by atoms with Crippen LogP contribution in [0, 0.1) is 13.8 Å². The lowest BCUT2D eigenvalue weighted by Gasteiger charge is -2.35. The first-order valence-electron chi connectivity index (χ1n) is 8.61. The maximum absolute atomic E-state index is 13.3. The SMILES string of the molecule is Cc1ccc(CCC(=O)NCC(N2CCNCC2)C(F)(F)F)c(C)c1.Cl. The van der Waals surface area contributed by atoms with Crippen LogP contribution in [0.4, 0.5) is 13.2 Å². The van der Waals surface area contributed by atoms with Crippen LogP contribution in [0.2, 0.25) is 0 Å². The number of rotatable bonds is 6. The number of alkyl halides is 3. The zero-order valence-corrected chi connectivity index (χ0v) is 16.0. The summed E-state index contributed by atoms with van der Waals surface area (Å²) in [6.45, 7) is 5.32. The first-order valence-corrected chi connectivity index (χ1v) is 8.61. The molecule has 4 nitrogen and oxygen atoms in total. The van der Waals surface area contributed by atoms with Crippen molar-refractivity contribution >= 4 is 18.3 Å². The molecule has 1 atom stereocenters. The van der Waals surface area contributed by atoms with Crippen molar-refractivity contribution in [1.82, 2.24) is 15.5 Å². The Morgan fingerprint density at radius 2 is 1.92 bits per heavy atom. The fourth-order valence-corrected chi connectivity index (χ4v) is 3.12. The summed E-state index contributed by atoms with van der Waals surface area (Å²) in [7, 11) is 0. The van der Waals surface area contributed by atoms with Crippen molar-refractivity contribution in [2.75, 3.05) is 32.7 Å². The number of halogens is 4. The monoisotopic (exact) mass is 393 g/mol. The summed E-state index contributed by atoms with van der Waals surface area (Å²) in [5.41, 5.74) is 3.30. The second kappa shape index (κ2) is 10.1. The van der Waals surface area contributed by atoms with E-state index in [1.54, 1.807) is 0 Å². The van der Waals surface area contributed by atoms with Gasteiger partial charge in [-0.3, -0.25) is 9.69 Å². The Morgan fingerprint density at radius 3 is 2.50 bits per heavy atom. The Labute approximate surface area is 158 Å². The highest BCUT2D eigenvalue weighted by molar-refractivity contribution is 5.85. The van der Waals surface area contributed by atoms with Gasteiger partial charge in [-0.1, -0.05) is 23.8 Å². The minimum atomic E-state index is -4.35. The number of aryl methyl sites for hydroxylation is 3. The van der Waals surface area contributed by atoms with Crippen LogP contribution in [0.3, 0.4) is 0 Å². The van der Waals surface area contributed by atoms with Gasteiger partial charge in [0.2, 0.25) is 5.91 Å². The Morgan fingerprint density at radius 1 is 1.27 bits per heavy atom. The third-order valence-electron chi connectivity index (χ3n) is 4.58. The van der Waals surface area contributed by atoms with Crippen LogP contribution in [-0.2, 0) is 11.2 Å². The summed E-state index contributed by atoms with van der Waals surface area (Å²) in [5, 5.41) is 5.50. The number of carbonyl (C=O) groups excluding carboxylic acids is 1. The molecule has 0 radical (unpaired) electrons. The number of hydrogen-bond acceptors (Lipinski definition) is 3. The standard InChI is InChI=1S/C18H26F3N3O.ClH/c1-13-3-4-15(14(2)11-13)5-6-17(25)23-12-16(18(19,20)21)24-9-7-22-8-10-24;/h3-4,11,16,22H,5-10,12H2,1-2H3,(H,23,25);1H. The number of nitrogens with one attached hydrogen (secondary N) is 2. The van der Waals surface area contributed by atoms with Crippen LogP contribution in [0.25, 0.3) is 0 Å². The molecule has 2 N–H and O–H groups in total. The summed E-state index contributed by atoms with van der Waals surface area (Å²) < 4.78 is 39.8. The molecular weight excluding hydrogens is 367 g/mol. The van der Waals surface area contributed by atoms with E-state index in [4.69, 9.17) is 0 Å². The molecular formula is C18H27ClF3N3O. The minimum absolute atomic E-state index is 0. The van der Waals surface area contributed by atoms with Gasteiger partial charge >= 0.3 is 6.18 Å². The number of benzene rings is 1. The van der Waals surface area contributed by atoms with Gasteiger partial charge in [0.1, 0.15) is 6.04 Å². The predicted octanol–water partition coefficient (Wildman–Crippen LogP) is 2.61. The van der Waals surface area contributed by atoms with Crippen LogP contribution in [0.1, 0.15) is 23.1 Å². The molecule has 0 aliphatic carbocycles. The van der Waals surface area contributed by atoms with E-state index in [0.717, 1.165) is 16.7 Å². The molecule has 1 heterocycles. The van der Waals surface area contributed by atoms with Gasteiger partial charge in [0.05, 0.1) is 0 Å². The normalized spacial score (nSPS) is 16.7. The van der Waals surface area contributed by atoms with Gasteiger partial charge in [-0.2, -0.15) is 13.2 Å². The largest absolute Gasteiger partial charge is 0.405 e. The fraction of sp³-hybridized carbons (Fsp3) is 0.611. The van der Waals surface area contributed by atoms with E-state index in [1.807, 2.05) is 32.0 Å². The maximum atomic E-state index is 13.3. The number of nitrogens with zero attached hydrogens (tertiary/aromatic N) is 1. The first kappa shape index (κ1) is 22.7. The van der Waals surface area contributed by atoms with Crippen molar-refractivity contribution in [3.63, 3.8) is 0 Å². The highest BCUT2D eigenvalue weighted by atomic mass is 35.5. The molecule has 148 valence electrons. The maximum Gasteiger partial charge on any atom is 0.405 e. The smallest absolute Gasteiger partial charge is 0.354 e. The van der Waals surface area contributed by atoms with E-state index in [9.17, 15) is 18.0 Å². The molecule has 0 bridgehead atoms. The summed E-state index contributed by atoms with van der Waals surface area (Å²) in [6, 6.07) is 4.36. The molecule has 0 aromatic heterocycles. The molecule has 0 saturated carbocycles. The van der Waals surface area contributed by atoms with Gasteiger partial charge in [-0.05, 0) is 31.4 Å². The molecule has 1 aliphatic heterocycles. The van der Waals surface area contributed by atoms with Crippen molar-refractivity contribution in [2.24, 2.45) is 0 Å². The third kappa shape index (κ3) is 6.78. The van der Waals surface area contributed by atoms with Crippen LogP contribution < -0.4 is 10.6 Å². The van der Waals surface area contributed by atoms with Gasteiger partial charge in [-0.15, -0.1) is 12.4 Å². The van der Waals surface area contributed by atoms with Crippen molar-refractivity contribution in [1.29, 1.82) is 0 Å². The number of carbonyl (C=O) groups is 1. The average Bonchev–Trinajstić information content (AvgIpc) is 2.54. The van der Waals surface area contributed by atoms with Crippen LogP contribution >= 0.6 is 12.4 Å². The van der Waals surface area contributed by atoms with E-state index in [2.05, 4.69) is 10.6 Å². The minimum Gasteiger partial charge on any atom is -0.354 e. The van der Waals surface area contributed by atoms with Crippen molar-refractivity contribution in [3.05, 3.63) is 34.9 Å². The van der Waals surface area contributed by atoms with Crippen molar-refractivity contribution in [2.45, 2.75) is 38.9 Å². The van der Waals surface area contributed by atoms with E-state index in [0.29, 0.717) is 32.6 Å². The van der Waals surface area contributed by atoms with Crippen LogP contribution in [-0.4, -0.2) is 55.7 Å². The topological polar surface area (TPSA) is 44.4 Å². The summed E-state index contributed by atoms with van der Waals surface area (Å²) >= 11 is 0. The predicted molar refractivity (Wildman–Crippen MR) is 98.8 cm³/mol. The van der Waals surface area contributed by atoms with Crippen LogP contribution in [0.5, 0.6) is 0 Å². The zero-order valence-electron chi connectivity index (χ0n) is 15.2. The highest BCUT2D eigenvalue weighted by Crippen LogP contribution is 2.24. The Hall–Kier alpha value is -1.31. The highest BCUT2D eigenvalue weighted by Gasteiger charge is 2.43. The molecule has 1 aromatic carbocycles. The first-order chi connectivity index (χ1) is 11.8. The molecule has 1 amide bonds. The van der Waals surface area contributed by atoms with E-state index in [-0.39, 0.29) is 24.7 Å². The number of piperazine rings is 1. The van der Waals surface area contributed by atoms with Gasteiger partial charge < -0.3 is 10.6 Å². The van der Waals surface area contributed by atoms with Crippen LogP contribution in [0.15, 0.2) is 18.2 Å². The molecule has 0 spiro atoms. The van der Waals surface area contributed by atoms with Gasteiger partial charge in [-0.25, -0.2) is 0 Å². The summed E-state index contributed by atoms with van der Waals surface area (Å²) in [4.78, 5) is 13.4. The molecule has 1 aliphatic rings. The molecule has 1 fully saturated rings. The molecule has 1 aromatic rings. The molecule has 1 unspecified atom stereocenters. The van der Waals surface area contributed by atoms with Gasteiger partial charge in [0.25, 0.3) is 0 Å². The number of amides is 1. The van der Waals surface area contributed by atoms with E-state index in [1.165, 1.54) is 4.90 Å². The lowest BCUT2D eigenvalue weighted by Crippen LogP contribution is -2.57. The molecule has 2 rings (SSSR count).